The minimum Gasteiger partial charge on any atom is -0.458 e. The molecule has 0 saturated carbocycles. The van der Waals surface area contributed by atoms with E-state index in [1.54, 1.807) is 6.07 Å². The average Bonchev–Trinajstić information content (AvgIpc) is 3.18. The van der Waals surface area contributed by atoms with Crippen LogP contribution < -0.4 is 25.9 Å². The maximum atomic E-state index is 12.7. The Bertz CT molecular complexity index is 2510. The fraction of sp³-hybridized carbons (Fsp3) is 0.200. The van der Waals surface area contributed by atoms with Gasteiger partial charge in [0, 0.05) is 43.8 Å². The van der Waals surface area contributed by atoms with E-state index < -0.39 is 0 Å². The van der Waals surface area contributed by atoms with Crippen molar-refractivity contribution in [3.05, 3.63) is 162 Å². The molecule has 2 aliphatic heterocycles. The van der Waals surface area contributed by atoms with Crippen LogP contribution in [0, 0.1) is 31.8 Å². The van der Waals surface area contributed by atoms with E-state index in [0.29, 0.717) is 0 Å². The van der Waals surface area contributed by atoms with Crippen LogP contribution in [0.2, 0.25) is 0 Å². The van der Waals surface area contributed by atoms with Crippen molar-refractivity contribution in [2.24, 2.45) is 0 Å². The monoisotopic (exact) mass is 927 g/mol. The zero-order valence-corrected chi connectivity index (χ0v) is 35.9. The van der Waals surface area contributed by atoms with Crippen molar-refractivity contribution >= 4 is 23.1 Å². The van der Waals surface area contributed by atoms with Crippen LogP contribution in [-0.2, 0) is 30.9 Å². The molecule has 1 radical (unpaired) electrons. The van der Waals surface area contributed by atoms with Gasteiger partial charge in [-0.3, -0.25) is 4.39 Å². The second kappa shape index (κ2) is 15.5. The number of hydrogen-bond donors (Lipinski definition) is 0. The number of benzene rings is 5. The molecule has 4 nitrogen and oxygen atoms in total. The molecule has 7 heteroatoms. The zero-order valence-electron chi connectivity index (χ0n) is 33.5. The van der Waals surface area contributed by atoms with Gasteiger partial charge in [-0.05, 0) is 105 Å². The molecule has 9 rings (SSSR count). The van der Waals surface area contributed by atoms with Crippen molar-refractivity contribution in [1.82, 2.24) is 9.97 Å². The number of hydrogen-bond acceptors (Lipinski definition) is 4. The summed E-state index contributed by atoms with van der Waals surface area (Å²) in [4.78, 5) is 8.90. The second-order valence-electron chi connectivity index (χ2n) is 16.8. The summed E-state index contributed by atoms with van der Waals surface area (Å²) < 4.78 is 26.1. The second-order valence-corrected chi connectivity index (χ2v) is 16.8. The van der Waals surface area contributed by atoms with Crippen molar-refractivity contribution in [3.63, 3.8) is 0 Å². The van der Waals surface area contributed by atoms with Crippen LogP contribution in [0.3, 0.4) is 0 Å². The Kier molecular flexibility index (Phi) is 10.9. The van der Waals surface area contributed by atoms with Gasteiger partial charge in [0.05, 0.1) is 0 Å². The maximum absolute atomic E-state index is 12.7. The van der Waals surface area contributed by atoms with E-state index in [1.807, 2.05) is 62.6 Å². The summed E-state index contributed by atoms with van der Waals surface area (Å²) in [5.41, 5.74) is 14.0. The van der Waals surface area contributed by atoms with Gasteiger partial charge in [-0.1, -0.05) is 83.5 Å². The number of pyridine rings is 2. The fourth-order valence-electron chi connectivity index (χ4n) is 7.25. The van der Waals surface area contributed by atoms with Gasteiger partial charge in [-0.15, -0.1) is 65.7 Å². The molecule has 0 aliphatic carbocycles. The fourth-order valence-corrected chi connectivity index (χ4v) is 7.25. The van der Waals surface area contributed by atoms with Gasteiger partial charge in [-0.25, -0.2) is 0 Å². The van der Waals surface area contributed by atoms with Gasteiger partial charge in [0.25, 0.3) is 6.71 Å². The molecular weight excluding hydrogens is 883 g/mol. The summed E-state index contributed by atoms with van der Waals surface area (Å²) in [5.74, 6) is 3.22. The quantitative estimate of drug-likeness (QED) is 0.131. The van der Waals surface area contributed by atoms with E-state index in [2.05, 4.69) is 118 Å². The summed E-state index contributed by atoms with van der Waals surface area (Å²) in [7, 11) is 0. The van der Waals surface area contributed by atoms with Gasteiger partial charge in [0.2, 0.25) is 0 Å². The Morgan fingerprint density at radius 1 is 0.596 bits per heavy atom. The minimum atomic E-state index is -0.275. The van der Waals surface area contributed by atoms with Crippen molar-refractivity contribution < 1.29 is 34.0 Å². The van der Waals surface area contributed by atoms with Crippen molar-refractivity contribution in [2.45, 2.75) is 66.2 Å². The molecule has 4 heterocycles. The molecule has 0 bridgehead atoms. The molecule has 0 spiro atoms. The van der Waals surface area contributed by atoms with E-state index in [0.717, 1.165) is 67.7 Å². The average molecular weight is 927 g/mol. The summed E-state index contributed by atoms with van der Waals surface area (Å²) >= 11 is 0. The van der Waals surface area contributed by atoms with Crippen LogP contribution in [0.25, 0.3) is 33.6 Å². The Labute approximate surface area is 350 Å². The Balaban J connectivity index is 0.000000261. The third-order valence-electron chi connectivity index (χ3n) is 10.7. The first kappa shape index (κ1) is 39.9. The van der Waals surface area contributed by atoms with Gasteiger partial charge in [-0.2, -0.15) is 0 Å². The molecule has 0 saturated heterocycles. The summed E-state index contributed by atoms with van der Waals surface area (Å²) in [5, 5.41) is 0. The van der Waals surface area contributed by atoms with E-state index >= 15 is 0 Å². The molecule has 0 fully saturated rings. The molecule has 2 aromatic heterocycles. The number of halogens is 1. The van der Waals surface area contributed by atoms with Crippen LogP contribution in [0.5, 0.6) is 23.0 Å². The number of fused-ring (bicyclic) bond motifs is 4. The number of nitrogens with zero attached hydrogens (tertiary/aromatic N) is 2. The Hall–Kier alpha value is -5.36. The maximum Gasteiger partial charge on any atom is 0.260 e. The predicted molar refractivity (Wildman–Crippen MR) is 227 cm³/mol. The largest absolute Gasteiger partial charge is 0.458 e. The van der Waals surface area contributed by atoms with Crippen LogP contribution in [0.1, 0.15) is 63.8 Å². The van der Waals surface area contributed by atoms with E-state index in [4.69, 9.17) is 9.47 Å². The molecule has 2 aliphatic rings. The van der Waals surface area contributed by atoms with Crippen molar-refractivity contribution in [2.75, 3.05) is 0 Å². The zero-order chi connectivity index (χ0) is 39.4. The van der Waals surface area contributed by atoms with Crippen molar-refractivity contribution in [1.29, 1.82) is 0 Å². The molecule has 0 atom stereocenters. The van der Waals surface area contributed by atoms with E-state index in [1.165, 1.54) is 39.7 Å². The number of rotatable bonds is 3. The van der Waals surface area contributed by atoms with E-state index in [-0.39, 0.29) is 43.5 Å². The third-order valence-corrected chi connectivity index (χ3v) is 10.7. The first-order valence-corrected chi connectivity index (χ1v) is 19.1. The molecule has 0 unspecified atom stereocenters. The first-order valence-electron chi connectivity index (χ1n) is 19.1. The van der Waals surface area contributed by atoms with Crippen LogP contribution in [0.4, 0.5) is 4.39 Å². The molecule has 0 N–H and O–H groups in total. The third kappa shape index (κ3) is 8.10. The van der Waals surface area contributed by atoms with Gasteiger partial charge in [0.1, 0.15) is 23.0 Å². The molecule has 5 aromatic carbocycles. The SMILES string of the molecule is CC(C)(C)c1ccc2c(c1)B1c3cc(C(C)(C)C)ccc3Oc3cc(-c4ccnc(-c5[c-]cccc5)c4)cc(c31)O2.Cc1cnc(-c2[c-]cc(F)cc2)cc1C.[Ir]. The molecular formula is C50H44BFIrN2O2-2. The predicted octanol–water partition coefficient (Wildman–Crippen LogP) is 10.8. The summed E-state index contributed by atoms with van der Waals surface area (Å²) in [6, 6.07) is 42.3. The van der Waals surface area contributed by atoms with Gasteiger partial charge >= 0.3 is 0 Å². The van der Waals surface area contributed by atoms with Gasteiger partial charge < -0.3 is 19.4 Å². The van der Waals surface area contributed by atoms with Gasteiger partial charge in [0.15, 0.2) is 0 Å². The molecule has 287 valence electrons. The number of ether oxygens (including phenoxy) is 2. The Morgan fingerprint density at radius 3 is 1.75 bits per heavy atom. The minimum absolute atomic E-state index is 0. The van der Waals surface area contributed by atoms with Crippen LogP contribution >= 0.6 is 0 Å². The number of aryl methyl sites for hydroxylation is 2. The number of aromatic nitrogens is 2. The summed E-state index contributed by atoms with van der Waals surface area (Å²) in [6.07, 6.45) is 3.68. The molecule has 57 heavy (non-hydrogen) atoms. The van der Waals surface area contributed by atoms with Crippen LogP contribution in [-0.4, -0.2) is 16.7 Å². The van der Waals surface area contributed by atoms with E-state index in [9.17, 15) is 4.39 Å². The molecule has 0 amide bonds. The topological polar surface area (TPSA) is 44.2 Å². The first-order chi connectivity index (χ1) is 26.7. The standard InChI is InChI=1S/C37H33BNO2.C13H11FN.Ir/c1-36(2,3)26-12-14-31-28(21-26)38-29-22-27(37(4,5)6)13-15-32(29)41-34-20-25(19-33(40-31)35(34)38)24-16-17-39-30(18-24)23-10-8-7-9-11-23;1-9-7-13(15-8-10(9)2)11-3-5-12(14)6-4-11;/h7-10,12-22H,1-6H3;3,5-8H,1-2H3;/q2*-1;. The molecule has 7 aromatic rings. The normalized spacial score (nSPS) is 12.4. The summed E-state index contributed by atoms with van der Waals surface area (Å²) in [6.45, 7) is 17.6. The smallest absolute Gasteiger partial charge is 0.260 e. The Morgan fingerprint density at radius 2 is 1.21 bits per heavy atom. The van der Waals surface area contributed by atoms with Crippen LogP contribution in [0.15, 0.2) is 122 Å². The van der Waals surface area contributed by atoms with Crippen molar-refractivity contribution in [3.8, 4) is 56.6 Å².